The van der Waals surface area contributed by atoms with Gasteiger partial charge in [0.25, 0.3) is 0 Å². The van der Waals surface area contributed by atoms with E-state index in [4.69, 9.17) is 14.2 Å². The predicted molar refractivity (Wildman–Crippen MR) is 156 cm³/mol. The fraction of sp³-hybridized carbons (Fsp3) is 0.581. The van der Waals surface area contributed by atoms with E-state index in [1.54, 1.807) is 38.3 Å². The molecule has 4 rings (SSSR count). The van der Waals surface area contributed by atoms with E-state index in [1.165, 1.54) is 0 Å². The number of methoxy groups -OCH3 is 1. The highest BCUT2D eigenvalue weighted by molar-refractivity contribution is 5.98. The number of allylic oxidation sites excluding steroid dienone is 1. The normalized spacial score (nSPS) is 21.8. The number of ether oxygens (including phenoxy) is 3. The number of ketones is 1. The van der Waals surface area contributed by atoms with Crippen LogP contribution in [0.25, 0.3) is 0 Å². The number of Topliss-reactive ketones (excluding diaryl/α,β-unsaturated/α-hetero) is 1. The second-order valence-corrected chi connectivity index (χ2v) is 11.4. The highest BCUT2D eigenvalue weighted by Gasteiger charge is 2.50. The maximum atomic E-state index is 13.8. The molecule has 0 bridgehead atoms. The zero-order chi connectivity index (χ0) is 30.8. The van der Waals surface area contributed by atoms with Crippen molar-refractivity contribution < 1.29 is 33.4 Å². The van der Waals surface area contributed by atoms with Crippen LogP contribution in [0.1, 0.15) is 44.6 Å². The zero-order valence-electron chi connectivity index (χ0n) is 24.9. The summed E-state index contributed by atoms with van der Waals surface area (Å²) in [5.74, 6) is -1.17. The third-order valence-electron chi connectivity index (χ3n) is 7.98. The second-order valence-electron chi connectivity index (χ2n) is 11.4. The van der Waals surface area contributed by atoms with Crippen molar-refractivity contribution in [3.05, 3.63) is 41.5 Å². The first-order valence-electron chi connectivity index (χ1n) is 14.8. The van der Waals surface area contributed by atoms with Crippen molar-refractivity contribution in [3.8, 4) is 11.8 Å². The van der Waals surface area contributed by atoms with Gasteiger partial charge in [-0.05, 0) is 50.3 Å². The van der Waals surface area contributed by atoms with E-state index in [2.05, 4.69) is 22.0 Å². The maximum absolute atomic E-state index is 13.8. The Balaban J connectivity index is 1.49. The van der Waals surface area contributed by atoms with Crippen LogP contribution in [0.4, 0.5) is 0 Å². The Morgan fingerprint density at radius 2 is 1.70 bits per heavy atom. The molecule has 0 radical (unpaired) electrons. The Morgan fingerprint density at radius 1 is 1.02 bits per heavy atom. The fourth-order valence-corrected chi connectivity index (χ4v) is 5.27. The molecule has 0 unspecified atom stereocenters. The molecular weight excluding hydrogens is 554 g/mol. The standard InChI is InChI=1S/C31H41N5O7/c1-31(20-43-31)28(38)25(17-21-5-3-4-6-21)34-30(40)26(18-22-7-9-23(41-2)10-8-22)35-29(39)24(11-12-32)33-27(37)19-36-13-15-42-16-14-36/h5,7-10,24-26H,3-4,6,11,13-20H2,1-2H3,(H,33,37)(H,34,40)(H,35,39)/t24-,25-,26-,31+/m0/s1. The van der Waals surface area contributed by atoms with Crippen molar-refractivity contribution in [1.82, 2.24) is 20.9 Å². The van der Waals surface area contributed by atoms with Crippen molar-refractivity contribution in [2.45, 2.75) is 69.2 Å². The molecule has 0 saturated carbocycles. The molecule has 1 aliphatic carbocycles. The number of hydrogen-bond acceptors (Lipinski definition) is 9. The molecule has 12 nitrogen and oxygen atoms in total. The summed E-state index contributed by atoms with van der Waals surface area (Å²) in [5.41, 5.74) is 0.915. The number of nitriles is 1. The molecule has 43 heavy (non-hydrogen) atoms. The van der Waals surface area contributed by atoms with Crippen LogP contribution in [0.5, 0.6) is 5.75 Å². The van der Waals surface area contributed by atoms with Crippen molar-refractivity contribution in [1.29, 1.82) is 5.26 Å². The van der Waals surface area contributed by atoms with Gasteiger partial charge in [0.1, 0.15) is 23.4 Å². The van der Waals surface area contributed by atoms with Crippen LogP contribution in [0, 0.1) is 11.3 Å². The Kier molecular flexibility index (Phi) is 11.3. The Bertz CT molecular complexity index is 1230. The quantitative estimate of drug-likeness (QED) is 0.197. The smallest absolute Gasteiger partial charge is 0.244 e. The number of carbonyl (C=O) groups excluding carboxylic acids is 4. The number of nitrogens with zero attached hydrogens (tertiary/aromatic N) is 2. The molecule has 2 saturated heterocycles. The lowest BCUT2D eigenvalue weighted by Gasteiger charge is -2.27. The largest absolute Gasteiger partial charge is 0.497 e. The first-order chi connectivity index (χ1) is 20.7. The van der Waals surface area contributed by atoms with Crippen molar-refractivity contribution >= 4 is 23.5 Å². The monoisotopic (exact) mass is 595 g/mol. The van der Waals surface area contributed by atoms with Crippen LogP contribution >= 0.6 is 0 Å². The first kappa shape index (κ1) is 32.1. The van der Waals surface area contributed by atoms with E-state index in [0.717, 1.165) is 30.4 Å². The average Bonchev–Trinajstić information content (AvgIpc) is 3.54. The molecule has 2 aliphatic heterocycles. The van der Waals surface area contributed by atoms with Gasteiger partial charge in [0.05, 0.1) is 52.0 Å². The lowest BCUT2D eigenvalue weighted by molar-refractivity contribution is -0.134. The maximum Gasteiger partial charge on any atom is 0.244 e. The molecule has 3 N–H and O–H groups in total. The zero-order valence-corrected chi connectivity index (χ0v) is 24.9. The number of nitrogens with one attached hydrogen (secondary N) is 3. The molecule has 12 heteroatoms. The predicted octanol–water partition coefficient (Wildman–Crippen LogP) is 0.796. The van der Waals surface area contributed by atoms with Crippen molar-refractivity contribution in [2.75, 3.05) is 46.6 Å². The lowest BCUT2D eigenvalue weighted by atomic mass is 9.94. The Labute approximate surface area is 252 Å². The summed E-state index contributed by atoms with van der Waals surface area (Å²) in [6.45, 7) is 4.28. The number of benzene rings is 1. The van der Waals surface area contributed by atoms with Crippen LogP contribution in [0.3, 0.4) is 0 Å². The minimum atomic E-state index is -1.16. The third kappa shape index (κ3) is 9.35. The van der Waals surface area contributed by atoms with Gasteiger partial charge in [-0.15, -0.1) is 0 Å². The van der Waals surface area contributed by atoms with E-state index in [0.29, 0.717) is 45.1 Å². The summed E-state index contributed by atoms with van der Waals surface area (Å²) in [4.78, 5) is 55.2. The Morgan fingerprint density at radius 3 is 2.30 bits per heavy atom. The first-order valence-corrected chi connectivity index (χ1v) is 14.8. The lowest BCUT2D eigenvalue weighted by Crippen LogP contribution is -2.57. The van der Waals surface area contributed by atoms with Crippen LogP contribution in [0.15, 0.2) is 35.9 Å². The summed E-state index contributed by atoms with van der Waals surface area (Å²) in [6, 6.07) is 5.95. The molecule has 2 fully saturated rings. The highest BCUT2D eigenvalue weighted by atomic mass is 16.6. The number of carbonyl (C=O) groups is 4. The van der Waals surface area contributed by atoms with Gasteiger partial charge in [-0.1, -0.05) is 23.8 Å². The summed E-state index contributed by atoms with van der Waals surface area (Å²) >= 11 is 0. The van der Waals surface area contributed by atoms with Crippen LogP contribution in [0.2, 0.25) is 0 Å². The van der Waals surface area contributed by atoms with Gasteiger partial charge in [-0.2, -0.15) is 5.26 Å². The van der Waals surface area contributed by atoms with E-state index in [1.807, 2.05) is 11.0 Å². The Hall–Kier alpha value is -3.79. The minimum Gasteiger partial charge on any atom is -0.497 e. The molecule has 1 aromatic rings. The van der Waals surface area contributed by atoms with Gasteiger partial charge >= 0.3 is 0 Å². The summed E-state index contributed by atoms with van der Waals surface area (Å²) < 4.78 is 15.9. The number of epoxide rings is 1. The molecule has 0 aromatic heterocycles. The summed E-state index contributed by atoms with van der Waals surface area (Å²) in [7, 11) is 1.55. The van der Waals surface area contributed by atoms with Crippen molar-refractivity contribution in [2.24, 2.45) is 0 Å². The molecule has 3 aliphatic rings. The van der Waals surface area contributed by atoms with Gasteiger partial charge in [-0.3, -0.25) is 24.1 Å². The van der Waals surface area contributed by atoms with Gasteiger partial charge in [0, 0.05) is 19.5 Å². The van der Waals surface area contributed by atoms with Crippen LogP contribution in [-0.2, 0) is 35.1 Å². The molecule has 4 atom stereocenters. The summed E-state index contributed by atoms with van der Waals surface area (Å²) in [5, 5.41) is 17.7. The third-order valence-corrected chi connectivity index (χ3v) is 7.98. The van der Waals surface area contributed by atoms with Gasteiger partial charge in [-0.25, -0.2) is 0 Å². The van der Waals surface area contributed by atoms with E-state index >= 15 is 0 Å². The second kappa shape index (κ2) is 15.1. The molecule has 0 spiro atoms. The average molecular weight is 596 g/mol. The molecular formula is C31H41N5O7. The molecule has 3 amide bonds. The summed E-state index contributed by atoms with van der Waals surface area (Å²) in [6.07, 6.45) is 5.12. The van der Waals surface area contributed by atoms with Gasteiger partial charge in [0.15, 0.2) is 5.78 Å². The number of rotatable bonds is 15. The SMILES string of the molecule is COc1ccc(C[C@H](NC(=O)[C@H](CC#N)NC(=O)CN2CCOCC2)C(=O)N[C@@H](CC2=CCCC2)C(=O)[C@@]2(C)CO2)cc1. The fourth-order valence-electron chi connectivity index (χ4n) is 5.27. The van der Waals surface area contributed by atoms with E-state index in [9.17, 15) is 24.4 Å². The van der Waals surface area contributed by atoms with E-state index < -0.39 is 41.4 Å². The number of hydrogen-bond donors (Lipinski definition) is 3. The molecule has 232 valence electrons. The van der Waals surface area contributed by atoms with Crippen LogP contribution < -0.4 is 20.7 Å². The van der Waals surface area contributed by atoms with Crippen molar-refractivity contribution in [3.63, 3.8) is 0 Å². The molecule has 2 heterocycles. The van der Waals surface area contributed by atoms with Crippen LogP contribution in [-0.4, -0.2) is 98.7 Å². The van der Waals surface area contributed by atoms with Gasteiger partial charge < -0.3 is 30.2 Å². The molecule has 1 aromatic carbocycles. The number of morpholine rings is 1. The minimum absolute atomic E-state index is 0.0643. The highest BCUT2D eigenvalue weighted by Crippen LogP contribution is 2.31. The van der Waals surface area contributed by atoms with Gasteiger partial charge in [0.2, 0.25) is 17.7 Å². The topological polar surface area (TPSA) is 162 Å². The van der Waals surface area contributed by atoms with E-state index in [-0.39, 0.29) is 25.2 Å². The number of amides is 3.